The molecule has 1 rings (SSSR count). The molecule has 1 aromatic rings. The minimum absolute atomic E-state index is 0.291. The highest BCUT2D eigenvalue weighted by molar-refractivity contribution is 9.10. The number of benzene rings is 1. The number of aliphatic hydroxyl groups excluding tert-OH is 1. The normalized spacial score (nSPS) is 12.7. The largest absolute Gasteiger partial charge is 0.491 e. The summed E-state index contributed by atoms with van der Waals surface area (Å²) in [5, 5.41) is 11.9. The second-order valence-electron chi connectivity index (χ2n) is 5.01. The van der Waals surface area contributed by atoms with Gasteiger partial charge in [-0.25, -0.2) is 0 Å². The topological polar surface area (TPSA) is 55.3 Å². The Balaban J connectivity index is 2.04. The van der Waals surface area contributed by atoms with Gasteiger partial charge >= 0.3 is 0 Å². The van der Waals surface area contributed by atoms with E-state index in [1.807, 2.05) is 38.1 Å². The Bertz CT molecular complexity index is 374. The van der Waals surface area contributed by atoms with E-state index in [-0.39, 0.29) is 0 Å². The Morgan fingerprint density at radius 2 is 2.15 bits per heavy atom. The summed E-state index contributed by atoms with van der Waals surface area (Å²) in [6.45, 7) is 6.77. The molecule has 0 aliphatic rings. The van der Waals surface area contributed by atoms with Crippen molar-refractivity contribution in [1.29, 1.82) is 0 Å². The fourth-order valence-electron chi connectivity index (χ4n) is 1.67. The summed E-state index contributed by atoms with van der Waals surface area (Å²) in [6.07, 6.45) is 0.830. The van der Waals surface area contributed by atoms with E-state index in [1.165, 1.54) is 0 Å². The SMILES string of the molecule is CC(C)OCCC[NH2+]C[C@H](O)COc1cccc(Br)c1. The number of rotatable bonds is 10. The molecule has 0 amide bonds. The van der Waals surface area contributed by atoms with Gasteiger partial charge in [0.2, 0.25) is 0 Å². The number of aliphatic hydroxyl groups is 1. The summed E-state index contributed by atoms with van der Waals surface area (Å²) in [7, 11) is 0. The van der Waals surface area contributed by atoms with Crippen molar-refractivity contribution in [3.8, 4) is 5.75 Å². The molecule has 0 heterocycles. The first-order chi connectivity index (χ1) is 9.58. The molecule has 0 spiro atoms. The van der Waals surface area contributed by atoms with Gasteiger partial charge in [0.15, 0.2) is 0 Å². The van der Waals surface area contributed by atoms with Crippen molar-refractivity contribution < 1.29 is 19.9 Å². The number of nitrogens with two attached hydrogens (primary N) is 1. The molecule has 0 aliphatic heterocycles. The van der Waals surface area contributed by atoms with Gasteiger partial charge in [-0.05, 0) is 32.0 Å². The summed E-state index contributed by atoms with van der Waals surface area (Å²) < 4.78 is 12.0. The van der Waals surface area contributed by atoms with Crippen LogP contribution in [0.4, 0.5) is 0 Å². The van der Waals surface area contributed by atoms with Crippen LogP contribution in [0, 0.1) is 0 Å². The Hall–Kier alpha value is -0.620. The van der Waals surface area contributed by atoms with Crippen LogP contribution in [0.3, 0.4) is 0 Å². The van der Waals surface area contributed by atoms with Crippen LogP contribution in [0.15, 0.2) is 28.7 Å². The van der Waals surface area contributed by atoms with Gasteiger partial charge in [0.1, 0.15) is 25.0 Å². The molecular weight excluding hydrogens is 322 g/mol. The maximum absolute atomic E-state index is 9.83. The van der Waals surface area contributed by atoms with Gasteiger partial charge in [-0.3, -0.25) is 0 Å². The first-order valence-corrected chi connectivity index (χ1v) is 7.87. The summed E-state index contributed by atoms with van der Waals surface area (Å²) in [6, 6.07) is 7.62. The maximum atomic E-state index is 9.83. The van der Waals surface area contributed by atoms with E-state index in [9.17, 15) is 5.11 Å². The second kappa shape index (κ2) is 10.2. The van der Waals surface area contributed by atoms with Crippen molar-refractivity contribution in [1.82, 2.24) is 0 Å². The van der Waals surface area contributed by atoms with Crippen molar-refractivity contribution in [3.63, 3.8) is 0 Å². The molecule has 0 saturated heterocycles. The predicted molar refractivity (Wildman–Crippen MR) is 83.0 cm³/mol. The molecule has 0 unspecified atom stereocenters. The molecule has 0 radical (unpaired) electrons. The average Bonchev–Trinajstić information content (AvgIpc) is 2.40. The number of ether oxygens (including phenoxy) is 2. The lowest BCUT2D eigenvalue weighted by atomic mass is 10.3. The molecule has 4 nitrogen and oxygen atoms in total. The van der Waals surface area contributed by atoms with Crippen LogP contribution in [0.5, 0.6) is 5.75 Å². The number of halogens is 1. The lowest BCUT2D eigenvalue weighted by molar-refractivity contribution is -0.661. The van der Waals surface area contributed by atoms with E-state index in [2.05, 4.69) is 21.2 Å². The zero-order chi connectivity index (χ0) is 14.8. The minimum Gasteiger partial charge on any atom is -0.491 e. The van der Waals surface area contributed by atoms with Crippen LogP contribution >= 0.6 is 15.9 Å². The van der Waals surface area contributed by atoms with Crippen LogP contribution in [-0.2, 0) is 4.74 Å². The van der Waals surface area contributed by atoms with Gasteiger partial charge in [-0.1, -0.05) is 22.0 Å². The van der Waals surface area contributed by atoms with Crippen molar-refractivity contribution in [3.05, 3.63) is 28.7 Å². The highest BCUT2D eigenvalue weighted by Crippen LogP contribution is 2.17. The molecule has 0 bridgehead atoms. The molecular formula is C15H25BrNO3+. The monoisotopic (exact) mass is 346 g/mol. The van der Waals surface area contributed by atoms with Gasteiger partial charge < -0.3 is 19.9 Å². The van der Waals surface area contributed by atoms with Crippen LogP contribution < -0.4 is 10.1 Å². The molecule has 1 atom stereocenters. The molecule has 0 aromatic heterocycles. The first-order valence-electron chi connectivity index (χ1n) is 7.07. The van der Waals surface area contributed by atoms with E-state index in [1.54, 1.807) is 0 Å². The quantitative estimate of drug-likeness (QED) is 0.632. The van der Waals surface area contributed by atoms with Crippen molar-refractivity contribution in [2.24, 2.45) is 0 Å². The lowest BCUT2D eigenvalue weighted by Gasteiger charge is -2.12. The van der Waals surface area contributed by atoms with Gasteiger partial charge in [0.25, 0.3) is 0 Å². The van der Waals surface area contributed by atoms with Crippen molar-refractivity contribution >= 4 is 15.9 Å². The summed E-state index contributed by atoms with van der Waals surface area (Å²) in [4.78, 5) is 0. The number of hydrogen-bond acceptors (Lipinski definition) is 3. The zero-order valence-corrected chi connectivity index (χ0v) is 13.8. The first kappa shape index (κ1) is 17.4. The molecule has 20 heavy (non-hydrogen) atoms. The third kappa shape index (κ3) is 8.53. The standard InChI is InChI=1S/C15H24BrNO3/c1-12(2)19-8-4-7-17-10-14(18)11-20-15-6-3-5-13(16)9-15/h3,5-6,9,12,14,17-18H,4,7-8,10-11H2,1-2H3/p+1/t14-/m0/s1. The van der Waals surface area contributed by atoms with E-state index >= 15 is 0 Å². The van der Waals surface area contributed by atoms with Crippen molar-refractivity contribution in [2.75, 3.05) is 26.3 Å². The number of hydrogen-bond donors (Lipinski definition) is 2. The average molecular weight is 347 g/mol. The Kier molecular flexibility index (Phi) is 8.85. The number of quaternary nitrogens is 1. The Labute approximate surface area is 129 Å². The highest BCUT2D eigenvalue weighted by atomic mass is 79.9. The van der Waals surface area contributed by atoms with E-state index in [4.69, 9.17) is 9.47 Å². The van der Waals surface area contributed by atoms with Gasteiger partial charge in [0, 0.05) is 10.9 Å². The Morgan fingerprint density at radius 1 is 1.35 bits per heavy atom. The van der Waals surface area contributed by atoms with E-state index in [0.717, 1.165) is 29.8 Å². The van der Waals surface area contributed by atoms with Crippen LogP contribution in [0.25, 0.3) is 0 Å². The lowest BCUT2D eigenvalue weighted by Crippen LogP contribution is -2.86. The van der Waals surface area contributed by atoms with E-state index < -0.39 is 6.10 Å². The highest BCUT2D eigenvalue weighted by Gasteiger charge is 2.07. The molecule has 3 N–H and O–H groups in total. The van der Waals surface area contributed by atoms with Crippen LogP contribution in [0.2, 0.25) is 0 Å². The van der Waals surface area contributed by atoms with Gasteiger partial charge in [-0.15, -0.1) is 0 Å². The second-order valence-corrected chi connectivity index (χ2v) is 5.92. The summed E-state index contributed by atoms with van der Waals surface area (Å²) in [5.41, 5.74) is 0. The molecule has 5 heteroatoms. The van der Waals surface area contributed by atoms with Crippen molar-refractivity contribution in [2.45, 2.75) is 32.5 Å². The molecule has 0 aliphatic carbocycles. The minimum atomic E-state index is -0.458. The molecule has 0 saturated carbocycles. The fraction of sp³-hybridized carbons (Fsp3) is 0.600. The fourth-order valence-corrected chi connectivity index (χ4v) is 2.05. The Morgan fingerprint density at radius 3 is 2.85 bits per heavy atom. The summed E-state index contributed by atoms with van der Waals surface area (Å²) >= 11 is 3.38. The maximum Gasteiger partial charge on any atom is 0.137 e. The predicted octanol–water partition coefficient (Wildman–Crippen LogP) is 1.57. The summed E-state index contributed by atoms with van der Waals surface area (Å²) in [5.74, 6) is 0.767. The third-order valence-electron chi connectivity index (χ3n) is 2.68. The smallest absolute Gasteiger partial charge is 0.137 e. The van der Waals surface area contributed by atoms with Crippen LogP contribution in [-0.4, -0.2) is 43.6 Å². The third-order valence-corrected chi connectivity index (χ3v) is 3.17. The molecule has 114 valence electrons. The zero-order valence-electron chi connectivity index (χ0n) is 12.2. The molecule has 0 fully saturated rings. The van der Waals surface area contributed by atoms with Gasteiger partial charge in [-0.2, -0.15) is 0 Å². The van der Waals surface area contributed by atoms with Crippen LogP contribution in [0.1, 0.15) is 20.3 Å². The molecule has 1 aromatic carbocycles. The van der Waals surface area contributed by atoms with Gasteiger partial charge in [0.05, 0.1) is 19.3 Å². The van der Waals surface area contributed by atoms with E-state index in [0.29, 0.717) is 19.3 Å².